The molecule has 4 nitrogen and oxygen atoms in total. The van der Waals surface area contributed by atoms with Crippen molar-refractivity contribution in [3.63, 3.8) is 0 Å². The second-order valence-corrected chi connectivity index (χ2v) is 5.61. The zero-order valence-corrected chi connectivity index (χ0v) is 13.2. The molecule has 0 unspecified atom stereocenters. The lowest BCUT2D eigenvalue weighted by Crippen LogP contribution is -2.42. The Morgan fingerprint density at radius 3 is 2.82 bits per heavy atom. The molecule has 0 fully saturated rings. The van der Waals surface area contributed by atoms with Crippen LogP contribution in [0.5, 0.6) is 11.5 Å². The molecular formula is C17H18N2O2S. The molecular weight excluding hydrogens is 296 g/mol. The van der Waals surface area contributed by atoms with Gasteiger partial charge in [0.15, 0.2) is 16.6 Å². The Kier molecular flexibility index (Phi) is 4.44. The molecule has 2 aromatic rings. The van der Waals surface area contributed by atoms with Gasteiger partial charge in [-0.2, -0.15) is 0 Å². The number of hydrogen-bond acceptors (Lipinski definition) is 3. The molecule has 0 radical (unpaired) electrons. The molecule has 1 aliphatic rings. The van der Waals surface area contributed by atoms with E-state index < -0.39 is 0 Å². The fourth-order valence-electron chi connectivity index (χ4n) is 2.27. The largest absolute Gasteiger partial charge is 0.486 e. The first-order chi connectivity index (χ1) is 10.7. The van der Waals surface area contributed by atoms with Gasteiger partial charge in [0.1, 0.15) is 12.7 Å². The average molecular weight is 314 g/mol. The molecule has 22 heavy (non-hydrogen) atoms. The molecule has 3 rings (SSSR count). The first-order valence-corrected chi connectivity index (χ1v) is 7.61. The van der Waals surface area contributed by atoms with Crippen molar-refractivity contribution in [1.82, 2.24) is 5.32 Å². The molecule has 5 heteroatoms. The molecule has 2 aromatic carbocycles. The SMILES string of the molecule is Cc1cccc(NC(=S)NC[C@H]2COc3ccccc3O2)c1. The number of anilines is 1. The van der Waals surface area contributed by atoms with Crippen molar-refractivity contribution in [3.05, 3.63) is 54.1 Å². The minimum absolute atomic E-state index is 0.0628. The average Bonchev–Trinajstić information content (AvgIpc) is 2.53. The van der Waals surface area contributed by atoms with Crippen LogP contribution in [0.15, 0.2) is 48.5 Å². The number of thiocarbonyl (C=S) groups is 1. The predicted octanol–water partition coefficient (Wildman–Crippen LogP) is 3.12. The van der Waals surface area contributed by atoms with Crippen LogP contribution >= 0.6 is 12.2 Å². The maximum atomic E-state index is 5.88. The summed E-state index contributed by atoms with van der Waals surface area (Å²) in [7, 11) is 0. The number of rotatable bonds is 3. The lowest BCUT2D eigenvalue weighted by molar-refractivity contribution is 0.0939. The van der Waals surface area contributed by atoms with Crippen LogP contribution in [0.4, 0.5) is 5.69 Å². The molecule has 0 aromatic heterocycles. The highest BCUT2D eigenvalue weighted by Gasteiger charge is 2.20. The zero-order chi connectivity index (χ0) is 15.4. The summed E-state index contributed by atoms with van der Waals surface area (Å²) in [4.78, 5) is 0. The second kappa shape index (κ2) is 6.66. The fourth-order valence-corrected chi connectivity index (χ4v) is 2.47. The molecule has 0 aliphatic carbocycles. The quantitative estimate of drug-likeness (QED) is 0.852. The monoisotopic (exact) mass is 314 g/mol. The van der Waals surface area contributed by atoms with Gasteiger partial charge >= 0.3 is 0 Å². The molecule has 114 valence electrons. The third kappa shape index (κ3) is 3.68. The normalized spacial score (nSPS) is 16.0. The van der Waals surface area contributed by atoms with Crippen molar-refractivity contribution in [2.45, 2.75) is 13.0 Å². The van der Waals surface area contributed by atoms with Gasteiger partial charge in [-0.05, 0) is 49.0 Å². The Labute approximate surface area is 135 Å². The third-order valence-corrected chi connectivity index (χ3v) is 3.58. The van der Waals surface area contributed by atoms with Crippen LogP contribution < -0.4 is 20.1 Å². The van der Waals surface area contributed by atoms with Crippen molar-refractivity contribution in [2.24, 2.45) is 0 Å². The highest BCUT2D eigenvalue weighted by atomic mass is 32.1. The Morgan fingerprint density at radius 1 is 1.18 bits per heavy atom. The Balaban J connectivity index is 1.50. The summed E-state index contributed by atoms with van der Waals surface area (Å²) in [6.45, 7) is 3.15. The van der Waals surface area contributed by atoms with Crippen LogP contribution in [0.25, 0.3) is 0 Å². The number of aryl methyl sites for hydroxylation is 1. The lowest BCUT2D eigenvalue weighted by atomic mass is 10.2. The number of ether oxygens (including phenoxy) is 2. The molecule has 0 bridgehead atoms. The van der Waals surface area contributed by atoms with E-state index >= 15 is 0 Å². The van der Waals surface area contributed by atoms with Gasteiger partial charge < -0.3 is 20.1 Å². The molecule has 0 spiro atoms. The van der Waals surface area contributed by atoms with E-state index in [0.29, 0.717) is 18.3 Å². The van der Waals surface area contributed by atoms with Gasteiger partial charge in [0.05, 0.1) is 6.54 Å². The summed E-state index contributed by atoms with van der Waals surface area (Å²) >= 11 is 5.31. The topological polar surface area (TPSA) is 42.5 Å². The smallest absolute Gasteiger partial charge is 0.170 e. The summed E-state index contributed by atoms with van der Waals surface area (Å²) in [5.74, 6) is 1.57. The fraction of sp³-hybridized carbons (Fsp3) is 0.235. The second-order valence-electron chi connectivity index (χ2n) is 5.20. The van der Waals surface area contributed by atoms with Crippen LogP contribution in [0.3, 0.4) is 0 Å². The number of nitrogens with one attached hydrogen (secondary N) is 2. The van der Waals surface area contributed by atoms with E-state index in [1.54, 1.807) is 0 Å². The van der Waals surface area contributed by atoms with Crippen molar-refractivity contribution < 1.29 is 9.47 Å². The first kappa shape index (κ1) is 14.7. The van der Waals surface area contributed by atoms with Crippen molar-refractivity contribution in [2.75, 3.05) is 18.5 Å². The van der Waals surface area contributed by atoms with Crippen LogP contribution in [0.1, 0.15) is 5.56 Å². The van der Waals surface area contributed by atoms with Crippen LogP contribution in [-0.2, 0) is 0 Å². The molecule has 2 N–H and O–H groups in total. The molecule has 1 aliphatic heterocycles. The molecule has 0 amide bonds. The van der Waals surface area contributed by atoms with Gasteiger partial charge in [0.25, 0.3) is 0 Å². The van der Waals surface area contributed by atoms with Gasteiger partial charge in [-0.25, -0.2) is 0 Å². The molecule has 0 saturated carbocycles. The Hall–Kier alpha value is -2.27. The highest BCUT2D eigenvalue weighted by Crippen LogP contribution is 2.30. The maximum Gasteiger partial charge on any atom is 0.170 e. The summed E-state index contributed by atoms with van der Waals surface area (Å²) in [6.07, 6.45) is -0.0628. The summed E-state index contributed by atoms with van der Waals surface area (Å²) in [5.41, 5.74) is 2.16. The van der Waals surface area contributed by atoms with Crippen molar-refractivity contribution in [3.8, 4) is 11.5 Å². The maximum absolute atomic E-state index is 5.88. The Morgan fingerprint density at radius 2 is 2.00 bits per heavy atom. The van der Waals surface area contributed by atoms with Gasteiger partial charge in [-0.3, -0.25) is 0 Å². The number of para-hydroxylation sites is 2. The third-order valence-electron chi connectivity index (χ3n) is 3.33. The lowest BCUT2D eigenvalue weighted by Gasteiger charge is -2.27. The van der Waals surface area contributed by atoms with Crippen LogP contribution in [0.2, 0.25) is 0 Å². The highest BCUT2D eigenvalue weighted by molar-refractivity contribution is 7.80. The number of fused-ring (bicyclic) bond motifs is 1. The summed E-state index contributed by atoms with van der Waals surface area (Å²) in [6, 6.07) is 15.8. The van der Waals surface area contributed by atoms with Gasteiger partial charge in [-0.1, -0.05) is 24.3 Å². The molecule has 0 saturated heterocycles. The number of hydrogen-bond donors (Lipinski definition) is 2. The van der Waals surface area contributed by atoms with Crippen LogP contribution in [0, 0.1) is 6.92 Å². The van der Waals surface area contributed by atoms with Crippen LogP contribution in [-0.4, -0.2) is 24.4 Å². The predicted molar refractivity (Wildman–Crippen MR) is 91.8 cm³/mol. The standard InChI is InChI=1S/C17H18N2O2S/c1-12-5-4-6-13(9-12)19-17(22)18-10-14-11-20-15-7-2-3-8-16(15)21-14/h2-9,14H,10-11H2,1H3,(H2,18,19,22)/t14-/m0/s1. The van der Waals surface area contributed by atoms with E-state index in [-0.39, 0.29) is 6.10 Å². The minimum Gasteiger partial charge on any atom is -0.486 e. The molecule has 1 heterocycles. The molecule has 1 atom stereocenters. The van der Waals surface area contributed by atoms with Gasteiger partial charge in [0, 0.05) is 5.69 Å². The Bertz CT molecular complexity index is 675. The van der Waals surface area contributed by atoms with E-state index in [1.165, 1.54) is 5.56 Å². The van der Waals surface area contributed by atoms with E-state index in [0.717, 1.165) is 17.2 Å². The van der Waals surface area contributed by atoms with Crippen molar-refractivity contribution in [1.29, 1.82) is 0 Å². The van der Waals surface area contributed by atoms with Crippen molar-refractivity contribution >= 4 is 23.0 Å². The van der Waals surface area contributed by atoms with E-state index in [2.05, 4.69) is 10.6 Å². The minimum atomic E-state index is -0.0628. The summed E-state index contributed by atoms with van der Waals surface area (Å²) < 4.78 is 11.6. The van der Waals surface area contributed by atoms with Gasteiger partial charge in [-0.15, -0.1) is 0 Å². The number of benzene rings is 2. The summed E-state index contributed by atoms with van der Waals surface area (Å²) in [5, 5.41) is 6.91. The van der Waals surface area contributed by atoms with E-state index in [9.17, 15) is 0 Å². The van der Waals surface area contributed by atoms with E-state index in [1.807, 2.05) is 55.5 Å². The first-order valence-electron chi connectivity index (χ1n) is 7.21. The van der Waals surface area contributed by atoms with Gasteiger partial charge in [0.2, 0.25) is 0 Å². The zero-order valence-electron chi connectivity index (χ0n) is 12.3. The van der Waals surface area contributed by atoms with E-state index in [4.69, 9.17) is 21.7 Å².